The van der Waals surface area contributed by atoms with E-state index in [0.717, 1.165) is 0 Å². The Morgan fingerprint density at radius 1 is 1.17 bits per heavy atom. The fraction of sp³-hybridized carbons (Fsp3) is 1.00. The lowest BCUT2D eigenvalue weighted by Gasteiger charge is -2.43. The molecule has 2 nitrogen and oxygen atoms in total. The molecule has 0 aliphatic carbocycles. The number of hydrogen-bond donors (Lipinski definition) is 2. The van der Waals surface area contributed by atoms with Crippen LogP contribution in [-0.4, -0.2) is 5.66 Å². The molecule has 0 aliphatic rings. The van der Waals surface area contributed by atoms with E-state index in [1.54, 1.807) is 0 Å². The Hall–Kier alpha value is -0.0800. The molecule has 0 aromatic carbocycles. The minimum absolute atomic E-state index is 0.00299. The number of rotatable bonds is 4. The van der Waals surface area contributed by atoms with Crippen molar-refractivity contribution >= 4 is 0 Å². The Labute approximate surface area is 76.7 Å². The predicted octanol–water partition coefficient (Wildman–Crippen LogP) is 2.08. The quantitative estimate of drug-likeness (QED) is 0.638. The Bertz CT molecular complexity index is 133. The topological polar surface area (TPSA) is 52.0 Å². The molecule has 0 bridgehead atoms. The summed E-state index contributed by atoms with van der Waals surface area (Å²) < 4.78 is 0. The zero-order valence-corrected chi connectivity index (χ0v) is 9.15. The van der Waals surface area contributed by atoms with Gasteiger partial charge in [-0.1, -0.05) is 40.5 Å². The van der Waals surface area contributed by atoms with Crippen molar-refractivity contribution in [1.29, 1.82) is 0 Å². The highest BCUT2D eigenvalue weighted by molar-refractivity contribution is 4.91. The Morgan fingerprint density at radius 3 is 1.83 bits per heavy atom. The molecule has 0 aromatic rings. The number of nitrogens with two attached hydrogens (primary N) is 2. The van der Waals surface area contributed by atoms with Crippen LogP contribution in [0.3, 0.4) is 0 Å². The summed E-state index contributed by atoms with van der Waals surface area (Å²) >= 11 is 0. The van der Waals surface area contributed by atoms with Crippen LogP contribution in [0, 0.1) is 11.3 Å². The first-order valence-corrected chi connectivity index (χ1v) is 4.81. The van der Waals surface area contributed by atoms with Gasteiger partial charge in [-0.05, 0) is 18.3 Å². The Kier molecular flexibility index (Phi) is 3.73. The van der Waals surface area contributed by atoms with Crippen molar-refractivity contribution in [1.82, 2.24) is 0 Å². The van der Waals surface area contributed by atoms with Crippen molar-refractivity contribution in [3.8, 4) is 0 Å². The van der Waals surface area contributed by atoms with Gasteiger partial charge in [0, 0.05) is 0 Å². The maximum Gasteiger partial charge on any atom is 0.0662 e. The average molecular weight is 172 g/mol. The molecule has 1 unspecified atom stereocenters. The Balaban J connectivity index is 4.38. The van der Waals surface area contributed by atoms with Crippen molar-refractivity contribution in [3.05, 3.63) is 0 Å². The molecule has 0 aromatic heterocycles. The summed E-state index contributed by atoms with van der Waals surface area (Å²) in [5, 5.41) is 0. The van der Waals surface area contributed by atoms with E-state index < -0.39 is 5.66 Å². The van der Waals surface area contributed by atoms with Gasteiger partial charge in [0.25, 0.3) is 0 Å². The minimum Gasteiger partial charge on any atom is -0.313 e. The summed E-state index contributed by atoms with van der Waals surface area (Å²) in [4.78, 5) is 0. The maximum atomic E-state index is 5.92. The molecule has 0 saturated heterocycles. The van der Waals surface area contributed by atoms with Crippen molar-refractivity contribution in [2.24, 2.45) is 22.8 Å². The van der Waals surface area contributed by atoms with Crippen LogP contribution in [0.4, 0.5) is 0 Å². The summed E-state index contributed by atoms with van der Waals surface area (Å²) in [5.41, 5.74) is 11.3. The molecule has 4 N–H and O–H groups in total. The van der Waals surface area contributed by atoms with Crippen LogP contribution in [0.25, 0.3) is 0 Å². The van der Waals surface area contributed by atoms with Crippen LogP contribution in [0.1, 0.15) is 47.5 Å². The zero-order valence-electron chi connectivity index (χ0n) is 9.15. The number of hydrogen-bond acceptors (Lipinski definition) is 2. The van der Waals surface area contributed by atoms with Gasteiger partial charge in [0.2, 0.25) is 0 Å². The summed E-state index contributed by atoms with van der Waals surface area (Å²) in [7, 11) is 0. The van der Waals surface area contributed by atoms with E-state index in [2.05, 4.69) is 27.7 Å². The maximum absolute atomic E-state index is 5.92. The minimum atomic E-state index is -0.582. The lowest BCUT2D eigenvalue weighted by atomic mass is 9.69. The third-order valence-corrected chi connectivity index (χ3v) is 3.34. The fourth-order valence-corrected chi connectivity index (χ4v) is 1.32. The second-order valence-electron chi connectivity index (χ2n) is 4.69. The molecule has 0 fully saturated rings. The van der Waals surface area contributed by atoms with E-state index >= 15 is 0 Å². The highest BCUT2D eigenvalue weighted by Gasteiger charge is 2.38. The predicted molar refractivity (Wildman–Crippen MR) is 54.6 cm³/mol. The third kappa shape index (κ3) is 2.46. The van der Waals surface area contributed by atoms with Crippen molar-refractivity contribution in [2.45, 2.75) is 53.1 Å². The van der Waals surface area contributed by atoms with E-state index in [9.17, 15) is 0 Å². The molecule has 2 heteroatoms. The molecule has 0 spiro atoms. The normalized spacial score (nSPS) is 16.2. The van der Waals surface area contributed by atoms with Crippen LogP contribution in [0.5, 0.6) is 0 Å². The van der Waals surface area contributed by atoms with Crippen LogP contribution in [-0.2, 0) is 0 Å². The standard InChI is InChI=1S/C10H24N2/c1-6-7-8(2)9(3,4)10(5,11)12/h8H,6-7,11-12H2,1-5H3. The highest BCUT2D eigenvalue weighted by atomic mass is 15.0. The Morgan fingerprint density at radius 2 is 1.58 bits per heavy atom. The monoisotopic (exact) mass is 172 g/mol. The first kappa shape index (κ1) is 11.9. The van der Waals surface area contributed by atoms with Crippen LogP contribution in [0.15, 0.2) is 0 Å². The van der Waals surface area contributed by atoms with Gasteiger partial charge in [-0.25, -0.2) is 0 Å². The van der Waals surface area contributed by atoms with Gasteiger partial charge >= 0.3 is 0 Å². The zero-order chi connectivity index (χ0) is 9.99. The average Bonchev–Trinajstić information content (AvgIpc) is 1.85. The first-order valence-electron chi connectivity index (χ1n) is 4.81. The molecule has 0 amide bonds. The van der Waals surface area contributed by atoms with Gasteiger partial charge in [0.05, 0.1) is 5.66 Å². The van der Waals surface area contributed by atoms with Gasteiger partial charge in [0.1, 0.15) is 0 Å². The van der Waals surface area contributed by atoms with Crippen LogP contribution in [0.2, 0.25) is 0 Å². The van der Waals surface area contributed by atoms with E-state index in [1.807, 2.05) is 6.92 Å². The fourth-order valence-electron chi connectivity index (χ4n) is 1.32. The van der Waals surface area contributed by atoms with Crippen molar-refractivity contribution in [3.63, 3.8) is 0 Å². The first-order chi connectivity index (χ1) is 5.23. The lowest BCUT2D eigenvalue weighted by molar-refractivity contribution is 0.103. The van der Waals surface area contributed by atoms with E-state index in [1.165, 1.54) is 12.8 Å². The van der Waals surface area contributed by atoms with E-state index in [0.29, 0.717) is 5.92 Å². The van der Waals surface area contributed by atoms with Gasteiger partial charge in [0.15, 0.2) is 0 Å². The van der Waals surface area contributed by atoms with Gasteiger partial charge in [-0.2, -0.15) is 0 Å². The second-order valence-corrected chi connectivity index (χ2v) is 4.69. The van der Waals surface area contributed by atoms with Crippen molar-refractivity contribution < 1.29 is 0 Å². The summed E-state index contributed by atoms with van der Waals surface area (Å²) in [5.74, 6) is 0.572. The van der Waals surface area contributed by atoms with E-state index in [4.69, 9.17) is 11.5 Å². The third-order valence-electron chi connectivity index (χ3n) is 3.34. The SMILES string of the molecule is CCCC(C)C(C)(C)C(C)(N)N. The smallest absolute Gasteiger partial charge is 0.0662 e. The second kappa shape index (κ2) is 3.75. The van der Waals surface area contributed by atoms with E-state index in [-0.39, 0.29) is 5.41 Å². The molecule has 0 aliphatic heterocycles. The molecular weight excluding hydrogens is 148 g/mol. The highest BCUT2D eigenvalue weighted by Crippen LogP contribution is 2.36. The largest absolute Gasteiger partial charge is 0.313 e. The molecule has 0 radical (unpaired) electrons. The van der Waals surface area contributed by atoms with Crippen LogP contribution < -0.4 is 11.5 Å². The lowest BCUT2D eigenvalue weighted by Crippen LogP contribution is -2.60. The molecule has 74 valence electrons. The molecular formula is C10H24N2. The summed E-state index contributed by atoms with van der Waals surface area (Å²) in [6.07, 6.45) is 2.39. The summed E-state index contributed by atoms with van der Waals surface area (Å²) in [6, 6.07) is 0. The van der Waals surface area contributed by atoms with Gasteiger partial charge in [-0.3, -0.25) is 0 Å². The van der Waals surface area contributed by atoms with Gasteiger partial charge < -0.3 is 11.5 Å². The molecule has 12 heavy (non-hydrogen) atoms. The summed E-state index contributed by atoms with van der Waals surface area (Å²) in [6.45, 7) is 10.6. The van der Waals surface area contributed by atoms with Crippen LogP contribution >= 0.6 is 0 Å². The molecule has 0 saturated carbocycles. The molecule has 0 heterocycles. The molecule has 1 atom stereocenters. The van der Waals surface area contributed by atoms with Crippen molar-refractivity contribution in [2.75, 3.05) is 0 Å². The van der Waals surface area contributed by atoms with Gasteiger partial charge in [-0.15, -0.1) is 0 Å². The molecule has 0 rings (SSSR count).